The standard InChI is InChI=1S/C23H26N4O2S/c1-17-6-8-19(9-7-17)24-22(28)15-26-10-12-27(13-11-26)23-25-21(16-30-23)18-4-3-5-20(14-18)29-2/h3-9,14,16H,10-13,15H2,1-2H3,(H,24,28). The van der Waals surface area contributed by atoms with Crippen LogP contribution in [0.15, 0.2) is 53.9 Å². The maximum atomic E-state index is 12.3. The maximum absolute atomic E-state index is 12.3. The first-order valence-electron chi connectivity index (χ1n) is 10.0. The molecular weight excluding hydrogens is 396 g/mol. The van der Waals surface area contributed by atoms with Crippen LogP contribution in [0.1, 0.15) is 5.56 Å². The molecule has 1 aromatic heterocycles. The van der Waals surface area contributed by atoms with Crippen molar-refractivity contribution < 1.29 is 9.53 Å². The molecule has 1 amide bonds. The van der Waals surface area contributed by atoms with Gasteiger partial charge < -0.3 is 15.0 Å². The van der Waals surface area contributed by atoms with Crippen molar-refractivity contribution >= 4 is 28.1 Å². The Morgan fingerprint density at radius 1 is 1.13 bits per heavy atom. The zero-order valence-corrected chi connectivity index (χ0v) is 18.1. The first-order valence-corrected chi connectivity index (χ1v) is 10.9. The number of amides is 1. The van der Waals surface area contributed by atoms with Gasteiger partial charge in [-0.1, -0.05) is 29.8 Å². The Bertz CT molecular complexity index is 994. The molecule has 1 N–H and O–H groups in total. The number of ether oxygens (including phenoxy) is 1. The molecule has 156 valence electrons. The molecule has 1 saturated heterocycles. The summed E-state index contributed by atoms with van der Waals surface area (Å²) in [6.45, 7) is 5.86. The van der Waals surface area contributed by atoms with Crippen molar-refractivity contribution in [2.45, 2.75) is 6.92 Å². The van der Waals surface area contributed by atoms with Crippen molar-refractivity contribution in [1.82, 2.24) is 9.88 Å². The molecule has 0 atom stereocenters. The van der Waals surface area contributed by atoms with Gasteiger partial charge in [-0.15, -0.1) is 11.3 Å². The van der Waals surface area contributed by atoms with Crippen LogP contribution in [0.2, 0.25) is 0 Å². The van der Waals surface area contributed by atoms with Crippen molar-refractivity contribution in [3.63, 3.8) is 0 Å². The van der Waals surface area contributed by atoms with E-state index in [-0.39, 0.29) is 5.91 Å². The quantitative estimate of drug-likeness (QED) is 0.653. The number of rotatable bonds is 6. The average Bonchev–Trinajstić information content (AvgIpc) is 3.26. The van der Waals surface area contributed by atoms with E-state index in [1.807, 2.05) is 55.5 Å². The third-order valence-electron chi connectivity index (χ3n) is 5.20. The van der Waals surface area contributed by atoms with Gasteiger partial charge in [0.15, 0.2) is 5.13 Å². The third kappa shape index (κ3) is 4.98. The van der Waals surface area contributed by atoms with Gasteiger partial charge >= 0.3 is 0 Å². The van der Waals surface area contributed by atoms with E-state index >= 15 is 0 Å². The SMILES string of the molecule is COc1cccc(-c2csc(N3CCN(CC(=O)Nc4ccc(C)cc4)CC3)n2)c1. The van der Waals surface area contributed by atoms with Gasteiger partial charge in [-0.2, -0.15) is 0 Å². The summed E-state index contributed by atoms with van der Waals surface area (Å²) in [5.41, 5.74) is 4.05. The molecule has 2 aromatic carbocycles. The minimum atomic E-state index is 0.0295. The molecular formula is C23H26N4O2S. The summed E-state index contributed by atoms with van der Waals surface area (Å²) >= 11 is 1.66. The number of benzene rings is 2. The van der Waals surface area contributed by atoms with Crippen LogP contribution in [0.25, 0.3) is 11.3 Å². The normalized spacial score (nSPS) is 14.5. The van der Waals surface area contributed by atoms with E-state index in [1.54, 1.807) is 18.4 Å². The number of aryl methyl sites for hydroxylation is 1. The lowest BCUT2D eigenvalue weighted by Crippen LogP contribution is -2.48. The van der Waals surface area contributed by atoms with Gasteiger partial charge in [0.25, 0.3) is 0 Å². The molecule has 0 saturated carbocycles. The van der Waals surface area contributed by atoms with Crippen molar-refractivity contribution in [3.8, 4) is 17.0 Å². The molecule has 4 rings (SSSR count). The number of anilines is 2. The largest absolute Gasteiger partial charge is 0.497 e. The monoisotopic (exact) mass is 422 g/mol. The Morgan fingerprint density at radius 2 is 1.90 bits per heavy atom. The summed E-state index contributed by atoms with van der Waals surface area (Å²) in [4.78, 5) is 21.6. The number of methoxy groups -OCH3 is 1. The molecule has 30 heavy (non-hydrogen) atoms. The van der Waals surface area contributed by atoms with Crippen LogP contribution in [-0.2, 0) is 4.79 Å². The number of hydrogen-bond acceptors (Lipinski definition) is 6. The van der Waals surface area contributed by atoms with Gasteiger partial charge in [-0.3, -0.25) is 9.69 Å². The highest BCUT2D eigenvalue weighted by Crippen LogP contribution is 2.29. The Labute approximate surface area is 181 Å². The van der Waals surface area contributed by atoms with Crippen LogP contribution < -0.4 is 15.0 Å². The van der Waals surface area contributed by atoms with Crippen LogP contribution in [0.5, 0.6) is 5.75 Å². The number of thiazole rings is 1. The molecule has 2 heterocycles. The Hall–Kier alpha value is -2.90. The summed E-state index contributed by atoms with van der Waals surface area (Å²) in [7, 11) is 1.67. The molecule has 1 aliphatic rings. The van der Waals surface area contributed by atoms with E-state index in [0.717, 1.165) is 54.0 Å². The molecule has 0 unspecified atom stereocenters. The predicted molar refractivity (Wildman–Crippen MR) is 123 cm³/mol. The third-order valence-corrected chi connectivity index (χ3v) is 6.10. The van der Waals surface area contributed by atoms with E-state index in [4.69, 9.17) is 9.72 Å². The Morgan fingerprint density at radius 3 is 2.63 bits per heavy atom. The minimum Gasteiger partial charge on any atom is -0.497 e. The smallest absolute Gasteiger partial charge is 0.238 e. The van der Waals surface area contributed by atoms with E-state index in [2.05, 4.69) is 20.5 Å². The summed E-state index contributed by atoms with van der Waals surface area (Å²) in [5.74, 6) is 0.862. The van der Waals surface area contributed by atoms with E-state index in [0.29, 0.717) is 6.54 Å². The highest BCUT2D eigenvalue weighted by atomic mass is 32.1. The molecule has 1 fully saturated rings. The fourth-order valence-corrected chi connectivity index (χ4v) is 4.35. The Balaban J connectivity index is 1.30. The molecule has 0 spiro atoms. The van der Waals surface area contributed by atoms with Crippen molar-refractivity contribution in [2.24, 2.45) is 0 Å². The summed E-state index contributed by atoms with van der Waals surface area (Å²) in [6, 6.07) is 15.8. The number of piperazine rings is 1. The first kappa shape index (κ1) is 20.4. The van der Waals surface area contributed by atoms with Gasteiger partial charge in [0, 0.05) is 42.8 Å². The van der Waals surface area contributed by atoms with E-state index in [1.165, 1.54) is 5.56 Å². The summed E-state index contributed by atoms with van der Waals surface area (Å²) in [5, 5.41) is 6.09. The molecule has 0 bridgehead atoms. The van der Waals surface area contributed by atoms with E-state index < -0.39 is 0 Å². The Kier molecular flexibility index (Phi) is 6.30. The van der Waals surface area contributed by atoms with E-state index in [9.17, 15) is 4.79 Å². The topological polar surface area (TPSA) is 57.7 Å². The van der Waals surface area contributed by atoms with Crippen LogP contribution in [0.4, 0.5) is 10.8 Å². The molecule has 3 aromatic rings. The summed E-state index contributed by atoms with van der Waals surface area (Å²) in [6.07, 6.45) is 0. The zero-order valence-electron chi connectivity index (χ0n) is 17.3. The molecule has 7 heteroatoms. The lowest BCUT2D eigenvalue weighted by atomic mass is 10.2. The highest BCUT2D eigenvalue weighted by molar-refractivity contribution is 7.14. The second-order valence-corrected chi connectivity index (χ2v) is 8.26. The van der Waals surface area contributed by atoms with Gasteiger partial charge in [0.05, 0.1) is 19.3 Å². The summed E-state index contributed by atoms with van der Waals surface area (Å²) < 4.78 is 5.31. The minimum absolute atomic E-state index is 0.0295. The number of hydrogen-bond donors (Lipinski definition) is 1. The fraction of sp³-hybridized carbons (Fsp3) is 0.304. The number of aromatic nitrogens is 1. The number of nitrogens with one attached hydrogen (secondary N) is 1. The second-order valence-electron chi connectivity index (χ2n) is 7.42. The number of nitrogens with zero attached hydrogens (tertiary/aromatic N) is 3. The molecule has 6 nitrogen and oxygen atoms in total. The highest BCUT2D eigenvalue weighted by Gasteiger charge is 2.21. The maximum Gasteiger partial charge on any atom is 0.238 e. The lowest BCUT2D eigenvalue weighted by Gasteiger charge is -2.34. The van der Waals surface area contributed by atoms with Crippen molar-refractivity contribution in [3.05, 3.63) is 59.5 Å². The second kappa shape index (κ2) is 9.28. The number of carbonyl (C=O) groups is 1. The first-order chi connectivity index (χ1) is 14.6. The van der Waals surface area contributed by atoms with Gasteiger partial charge in [0.1, 0.15) is 5.75 Å². The number of carbonyl (C=O) groups excluding carboxylic acids is 1. The van der Waals surface area contributed by atoms with Crippen LogP contribution >= 0.6 is 11.3 Å². The van der Waals surface area contributed by atoms with Gasteiger partial charge in [-0.25, -0.2) is 4.98 Å². The molecule has 0 aliphatic carbocycles. The average molecular weight is 423 g/mol. The van der Waals surface area contributed by atoms with Gasteiger partial charge in [-0.05, 0) is 31.2 Å². The van der Waals surface area contributed by atoms with Crippen LogP contribution in [-0.4, -0.2) is 55.6 Å². The molecule has 0 radical (unpaired) electrons. The van der Waals surface area contributed by atoms with Crippen molar-refractivity contribution in [1.29, 1.82) is 0 Å². The van der Waals surface area contributed by atoms with Crippen LogP contribution in [0.3, 0.4) is 0 Å². The fourth-order valence-electron chi connectivity index (χ4n) is 3.46. The predicted octanol–water partition coefficient (Wildman–Crippen LogP) is 3.89. The van der Waals surface area contributed by atoms with Crippen molar-refractivity contribution in [2.75, 3.05) is 50.1 Å². The zero-order chi connectivity index (χ0) is 20.9. The lowest BCUT2D eigenvalue weighted by molar-refractivity contribution is -0.117. The molecule has 1 aliphatic heterocycles. The van der Waals surface area contributed by atoms with Crippen LogP contribution in [0, 0.1) is 6.92 Å². The van der Waals surface area contributed by atoms with Gasteiger partial charge in [0.2, 0.25) is 5.91 Å².